The van der Waals surface area contributed by atoms with Crippen LogP contribution in [0.25, 0.3) is 83.1 Å². The lowest BCUT2D eigenvalue weighted by molar-refractivity contribution is 0.796. The third kappa shape index (κ3) is 3.33. The standard InChI is InChI=1S/C47H27N5/c1-2-14-28(15-3-1)43-32-19-7-12-24-38(32)50-46(51-43)52-39-25-13-8-20-33(39)41-44-34(26-48-27-49-44)40-31-18-6-11-23-37(31)47(42(40)45(41)52)35-21-9-4-16-29(35)30-17-5-10-22-36(30)47/h1-27H. The highest BCUT2D eigenvalue weighted by Crippen LogP contribution is 2.65. The minimum absolute atomic E-state index is 0.605. The van der Waals surface area contributed by atoms with Gasteiger partial charge in [0.1, 0.15) is 6.33 Å². The molecular weight excluding hydrogens is 635 g/mol. The van der Waals surface area contributed by atoms with Crippen molar-refractivity contribution in [3.05, 3.63) is 186 Å². The lowest BCUT2D eigenvalue weighted by Gasteiger charge is -2.31. The van der Waals surface area contributed by atoms with Crippen molar-refractivity contribution in [2.75, 3.05) is 0 Å². The van der Waals surface area contributed by atoms with Gasteiger partial charge in [-0.3, -0.25) is 4.57 Å². The van der Waals surface area contributed by atoms with E-state index in [9.17, 15) is 0 Å². The molecular formula is C47H27N5. The number of nitrogens with zero attached hydrogens (tertiary/aromatic N) is 5. The van der Waals surface area contributed by atoms with Crippen LogP contribution in [0.1, 0.15) is 22.3 Å². The SMILES string of the molecule is c1ccc(-c2nc(-n3c4ccccc4c4c5ncncc5c5c(c43)C3(c4ccccc4-c4ccccc43)c3ccccc3-5)nc3ccccc23)cc1. The molecule has 0 N–H and O–H groups in total. The van der Waals surface area contributed by atoms with Crippen LogP contribution >= 0.6 is 0 Å². The van der Waals surface area contributed by atoms with Crippen molar-refractivity contribution in [1.29, 1.82) is 0 Å². The van der Waals surface area contributed by atoms with E-state index in [0.29, 0.717) is 5.95 Å². The predicted molar refractivity (Wildman–Crippen MR) is 209 cm³/mol. The van der Waals surface area contributed by atoms with Crippen molar-refractivity contribution in [2.24, 2.45) is 0 Å². The second kappa shape index (κ2) is 10.1. The van der Waals surface area contributed by atoms with Crippen LogP contribution in [0.5, 0.6) is 0 Å². The van der Waals surface area contributed by atoms with Gasteiger partial charge in [-0.15, -0.1) is 0 Å². The van der Waals surface area contributed by atoms with Crippen molar-refractivity contribution in [3.63, 3.8) is 0 Å². The first kappa shape index (κ1) is 27.8. The third-order valence-electron chi connectivity index (χ3n) is 11.3. The second-order valence-corrected chi connectivity index (χ2v) is 13.8. The van der Waals surface area contributed by atoms with Gasteiger partial charge in [-0.1, -0.05) is 140 Å². The number of rotatable bonds is 2. The first-order valence-corrected chi connectivity index (χ1v) is 17.6. The minimum atomic E-state index is -0.605. The monoisotopic (exact) mass is 661 g/mol. The summed E-state index contributed by atoms with van der Waals surface area (Å²) in [6.07, 6.45) is 3.69. The molecule has 0 fully saturated rings. The molecule has 1 spiro atoms. The third-order valence-corrected chi connectivity index (χ3v) is 11.3. The molecule has 0 unspecified atom stereocenters. The van der Waals surface area contributed by atoms with E-state index in [-0.39, 0.29) is 0 Å². The van der Waals surface area contributed by atoms with E-state index in [1.165, 1.54) is 44.5 Å². The van der Waals surface area contributed by atoms with Crippen LogP contribution in [0, 0.1) is 0 Å². The summed E-state index contributed by atoms with van der Waals surface area (Å²) in [5.74, 6) is 0.630. The molecule has 5 heteroatoms. The fourth-order valence-corrected chi connectivity index (χ4v) is 9.47. The summed E-state index contributed by atoms with van der Waals surface area (Å²) < 4.78 is 2.32. The zero-order valence-electron chi connectivity index (χ0n) is 27.8. The van der Waals surface area contributed by atoms with E-state index >= 15 is 0 Å². The van der Waals surface area contributed by atoms with Gasteiger partial charge in [0.25, 0.3) is 0 Å². The number of benzene rings is 7. The van der Waals surface area contributed by atoms with Gasteiger partial charge in [0.15, 0.2) is 0 Å². The van der Waals surface area contributed by atoms with Crippen LogP contribution < -0.4 is 0 Å². The molecule has 2 aliphatic rings. The number of para-hydroxylation sites is 2. The molecule has 0 radical (unpaired) electrons. The number of fused-ring (bicyclic) bond motifs is 18. The Labute approximate surface area is 298 Å². The van der Waals surface area contributed by atoms with Crippen LogP contribution in [0.3, 0.4) is 0 Å². The molecule has 0 aliphatic heterocycles. The highest BCUT2D eigenvalue weighted by Gasteiger charge is 2.54. The second-order valence-electron chi connectivity index (χ2n) is 13.8. The van der Waals surface area contributed by atoms with Crippen LogP contribution in [0.4, 0.5) is 0 Å². The Hall–Kier alpha value is -6.98. The maximum Gasteiger partial charge on any atom is 0.235 e. The quantitative estimate of drug-likeness (QED) is 0.185. The lowest BCUT2D eigenvalue weighted by atomic mass is 9.70. The largest absolute Gasteiger partial charge is 0.277 e. The molecule has 3 aromatic heterocycles. The predicted octanol–water partition coefficient (Wildman–Crippen LogP) is 10.7. The summed E-state index contributed by atoms with van der Waals surface area (Å²) in [5, 5.41) is 4.25. The average Bonchev–Trinajstić information content (AvgIpc) is 3.83. The Morgan fingerprint density at radius 3 is 1.90 bits per heavy atom. The van der Waals surface area contributed by atoms with E-state index in [1.54, 1.807) is 6.33 Å². The Balaban J connectivity index is 1.36. The first-order valence-electron chi connectivity index (χ1n) is 17.6. The van der Waals surface area contributed by atoms with Crippen molar-refractivity contribution in [2.45, 2.75) is 5.41 Å². The molecule has 240 valence electrons. The molecule has 0 saturated carbocycles. The Morgan fingerprint density at radius 2 is 1.13 bits per heavy atom. The van der Waals surface area contributed by atoms with E-state index in [2.05, 4.69) is 155 Å². The highest BCUT2D eigenvalue weighted by molar-refractivity contribution is 6.26. The molecule has 7 aromatic carbocycles. The molecule has 2 aliphatic carbocycles. The van der Waals surface area contributed by atoms with Crippen LogP contribution in [0.2, 0.25) is 0 Å². The molecule has 0 bridgehead atoms. The Kier molecular flexibility index (Phi) is 5.37. The van der Waals surface area contributed by atoms with Gasteiger partial charge in [-0.05, 0) is 51.1 Å². The summed E-state index contributed by atoms with van der Waals surface area (Å²) in [5.41, 5.74) is 15.2. The normalized spacial score (nSPS) is 13.5. The molecule has 52 heavy (non-hydrogen) atoms. The summed E-state index contributed by atoms with van der Waals surface area (Å²) in [7, 11) is 0. The summed E-state index contributed by atoms with van der Waals surface area (Å²) in [6.45, 7) is 0. The van der Waals surface area contributed by atoms with Crippen LogP contribution in [-0.2, 0) is 5.41 Å². The number of aromatic nitrogens is 5. The zero-order chi connectivity index (χ0) is 34.0. The van der Waals surface area contributed by atoms with E-state index < -0.39 is 5.41 Å². The van der Waals surface area contributed by atoms with Gasteiger partial charge in [0.05, 0.1) is 33.2 Å². The summed E-state index contributed by atoms with van der Waals surface area (Å²) in [4.78, 5) is 20.6. The fourth-order valence-electron chi connectivity index (χ4n) is 9.47. The van der Waals surface area contributed by atoms with Gasteiger partial charge < -0.3 is 0 Å². The fraction of sp³-hybridized carbons (Fsp3) is 0.0213. The van der Waals surface area contributed by atoms with E-state index in [4.69, 9.17) is 15.0 Å². The molecule has 0 amide bonds. The van der Waals surface area contributed by atoms with Gasteiger partial charge in [-0.25, -0.2) is 19.9 Å². The van der Waals surface area contributed by atoms with Crippen molar-refractivity contribution >= 4 is 43.6 Å². The van der Waals surface area contributed by atoms with Crippen LogP contribution in [-0.4, -0.2) is 24.5 Å². The van der Waals surface area contributed by atoms with Gasteiger partial charge in [0.2, 0.25) is 5.95 Å². The zero-order valence-corrected chi connectivity index (χ0v) is 27.8. The smallest absolute Gasteiger partial charge is 0.235 e. The van der Waals surface area contributed by atoms with Crippen LogP contribution in [0.15, 0.2) is 164 Å². The summed E-state index contributed by atoms with van der Waals surface area (Å²) >= 11 is 0. The molecule has 10 aromatic rings. The van der Waals surface area contributed by atoms with E-state index in [1.807, 2.05) is 12.3 Å². The minimum Gasteiger partial charge on any atom is -0.277 e. The van der Waals surface area contributed by atoms with Gasteiger partial charge >= 0.3 is 0 Å². The summed E-state index contributed by atoms with van der Waals surface area (Å²) in [6, 6.07) is 54.2. The number of hydrogen-bond donors (Lipinski definition) is 0. The molecule has 0 atom stereocenters. The maximum atomic E-state index is 5.49. The van der Waals surface area contributed by atoms with Crippen molar-refractivity contribution < 1.29 is 0 Å². The molecule has 0 saturated heterocycles. The average molecular weight is 662 g/mol. The lowest BCUT2D eigenvalue weighted by Crippen LogP contribution is -2.27. The Morgan fingerprint density at radius 1 is 0.519 bits per heavy atom. The van der Waals surface area contributed by atoms with Crippen molar-refractivity contribution in [3.8, 4) is 39.5 Å². The maximum absolute atomic E-state index is 5.49. The Bertz CT molecular complexity index is 3100. The number of hydrogen-bond acceptors (Lipinski definition) is 4. The molecule has 12 rings (SSSR count). The van der Waals surface area contributed by atoms with Gasteiger partial charge in [0, 0.05) is 38.9 Å². The van der Waals surface area contributed by atoms with Crippen molar-refractivity contribution in [1.82, 2.24) is 24.5 Å². The topological polar surface area (TPSA) is 56.5 Å². The van der Waals surface area contributed by atoms with E-state index in [0.717, 1.165) is 54.9 Å². The molecule has 3 heterocycles. The highest BCUT2D eigenvalue weighted by atomic mass is 15.2. The molecule has 5 nitrogen and oxygen atoms in total. The first-order chi connectivity index (χ1) is 25.8. The van der Waals surface area contributed by atoms with Gasteiger partial charge in [-0.2, -0.15) is 0 Å².